The van der Waals surface area contributed by atoms with Crippen LogP contribution >= 0.6 is 24.0 Å². The summed E-state index contributed by atoms with van der Waals surface area (Å²) in [7, 11) is 0. The quantitative estimate of drug-likeness (QED) is 0.635. The molecular formula is C16H21NO2S2. The first-order valence-electron chi connectivity index (χ1n) is 7.33. The van der Waals surface area contributed by atoms with Gasteiger partial charge in [-0.3, -0.25) is 4.79 Å². The summed E-state index contributed by atoms with van der Waals surface area (Å²) in [5, 5.41) is 0. The second-order valence-electron chi connectivity index (χ2n) is 5.34. The maximum Gasteiger partial charge on any atom is 0.327 e. The van der Waals surface area contributed by atoms with E-state index in [1.165, 1.54) is 5.56 Å². The molecule has 1 aliphatic rings. The number of rotatable bonds is 6. The number of carbonyl (C=O) groups excluding carboxylic acids is 1. The lowest BCUT2D eigenvalue weighted by Gasteiger charge is -2.16. The molecule has 0 saturated heterocycles. The van der Waals surface area contributed by atoms with Gasteiger partial charge in [0.05, 0.1) is 16.2 Å². The molecule has 114 valence electrons. The summed E-state index contributed by atoms with van der Waals surface area (Å²) in [6.07, 6.45) is 4.14. The highest BCUT2D eigenvalue weighted by molar-refractivity contribution is 8.22. The summed E-state index contributed by atoms with van der Waals surface area (Å²) in [5.41, 5.74) is 4.02. The summed E-state index contributed by atoms with van der Waals surface area (Å²) in [5.74, 6) is 0.757. The van der Waals surface area contributed by atoms with Gasteiger partial charge in [0, 0.05) is 5.75 Å². The van der Waals surface area contributed by atoms with E-state index in [9.17, 15) is 4.79 Å². The largest absolute Gasteiger partial charge is 0.370 e. The lowest BCUT2D eigenvalue weighted by molar-refractivity contribution is -0.156. The second kappa shape index (κ2) is 8.51. The monoisotopic (exact) mass is 323 g/mol. The molecule has 0 aromatic heterocycles. The highest BCUT2D eigenvalue weighted by Crippen LogP contribution is 2.25. The standard InChI is InChI=1S/C16H21NO2S2/c1-12(17-19-15(18)14-9-5-6-10-14)16(20)21-11-13-7-3-2-4-8-13/h2-4,7-8,12,14,17H,5-6,9-11H2,1H3. The first-order chi connectivity index (χ1) is 10.2. The molecule has 1 unspecified atom stereocenters. The van der Waals surface area contributed by atoms with Crippen LogP contribution in [0.15, 0.2) is 30.3 Å². The Morgan fingerprint density at radius 3 is 2.71 bits per heavy atom. The van der Waals surface area contributed by atoms with Crippen molar-refractivity contribution in [3.05, 3.63) is 35.9 Å². The average molecular weight is 323 g/mol. The van der Waals surface area contributed by atoms with Crippen LogP contribution in [0.1, 0.15) is 38.2 Å². The van der Waals surface area contributed by atoms with Gasteiger partial charge in [0.1, 0.15) is 0 Å². The molecule has 1 N–H and O–H groups in total. The van der Waals surface area contributed by atoms with Gasteiger partial charge < -0.3 is 4.84 Å². The van der Waals surface area contributed by atoms with Gasteiger partial charge in [0.2, 0.25) is 0 Å². The summed E-state index contributed by atoms with van der Waals surface area (Å²) in [6, 6.07) is 10.1. The van der Waals surface area contributed by atoms with Gasteiger partial charge >= 0.3 is 5.97 Å². The Labute approximate surface area is 135 Å². The molecule has 0 aliphatic heterocycles. The zero-order valence-electron chi connectivity index (χ0n) is 12.2. The van der Waals surface area contributed by atoms with Crippen LogP contribution in [0, 0.1) is 5.92 Å². The topological polar surface area (TPSA) is 38.3 Å². The van der Waals surface area contributed by atoms with Crippen molar-refractivity contribution in [3.63, 3.8) is 0 Å². The van der Waals surface area contributed by atoms with Crippen LogP contribution in [0.3, 0.4) is 0 Å². The van der Waals surface area contributed by atoms with E-state index in [1.54, 1.807) is 11.8 Å². The Morgan fingerprint density at radius 2 is 2.05 bits per heavy atom. The van der Waals surface area contributed by atoms with Crippen molar-refractivity contribution in [2.45, 2.75) is 44.4 Å². The van der Waals surface area contributed by atoms with E-state index >= 15 is 0 Å². The minimum atomic E-state index is -0.143. The number of hydrogen-bond acceptors (Lipinski definition) is 5. The number of benzene rings is 1. The highest BCUT2D eigenvalue weighted by Gasteiger charge is 2.25. The lowest BCUT2D eigenvalue weighted by Crippen LogP contribution is -2.35. The van der Waals surface area contributed by atoms with Crippen molar-refractivity contribution < 1.29 is 9.63 Å². The van der Waals surface area contributed by atoms with E-state index in [-0.39, 0.29) is 17.9 Å². The van der Waals surface area contributed by atoms with E-state index in [2.05, 4.69) is 17.6 Å². The molecule has 0 radical (unpaired) electrons. The second-order valence-corrected chi connectivity index (χ2v) is 7.05. The molecule has 1 aromatic rings. The van der Waals surface area contributed by atoms with Gasteiger partial charge in [0.25, 0.3) is 0 Å². The average Bonchev–Trinajstić information content (AvgIpc) is 3.05. The molecule has 1 fully saturated rings. The summed E-state index contributed by atoms with van der Waals surface area (Å²) in [6.45, 7) is 1.92. The van der Waals surface area contributed by atoms with E-state index in [0.29, 0.717) is 0 Å². The Morgan fingerprint density at radius 1 is 1.38 bits per heavy atom. The van der Waals surface area contributed by atoms with Crippen LogP contribution in [0.5, 0.6) is 0 Å². The maximum absolute atomic E-state index is 11.8. The van der Waals surface area contributed by atoms with E-state index in [0.717, 1.165) is 35.6 Å². The van der Waals surface area contributed by atoms with Crippen molar-refractivity contribution >= 4 is 34.1 Å². The van der Waals surface area contributed by atoms with Crippen LogP contribution in [-0.4, -0.2) is 16.2 Å². The molecule has 21 heavy (non-hydrogen) atoms. The van der Waals surface area contributed by atoms with Crippen molar-refractivity contribution in [1.29, 1.82) is 0 Å². The molecule has 2 rings (SSSR count). The van der Waals surface area contributed by atoms with Crippen molar-refractivity contribution in [1.82, 2.24) is 5.48 Å². The molecule has 0 amide bonds. The number of hydroxylamine groups is 1. The molecule has 1 aromatic carbocycles. The third-order valence-electron chi connectivity index (χ3n) is 3.60. The fourth-order valence-electron chi connectivity index (χ4n) is 2.29. The van der Waals surface area contributed by atoms with Crippen molar-refractivity contribution in [3.8, 4) is 0 Å². The van der Waals surface area contributed by atoms with Gasteiger partial charge in [-0.1, -0.05) is 55.4 Å². The minimum absolute atomic E-state index is 0.0650. The molecule has 0 heterocycles. The zero-order chi connectivity index (χ0) is 15.1. The van der Waals surface area contributed by atoms with Crippen LogP contribution in [-0.2, 0) is 15.4 Å². The molecule has 0 spiro atoms. The fourth-order valence-corrected chi connectivity index (χ4v) is 3.32. The Kier molecular flexibility index (Phi) is 6.67. The molecule has 3 nitrogen and oxygen atoms in total. The van der Waals surface area contributed by atoms with Gasteiger partial charge in [-0.25, -0.2) is 0 Å². The van der Waals surface area contributed by atoms with Gasteiger partial charge in [-0.05, 0) is 25.3 Å². The van der Waals surface area contributed by atoms with Crippen LogP contribution < -0.4 is 5.48 Å². The Hall–Kier alpha value is -0.910. The van der Waals surface area contributed by atoms with Gasteiger partial charge in [0.15, 0.2) is 0 Å². The molecule has 5 heteroatoms. The molecule has 1 saturated carbocycles. The molecule has 1 aliphatic carbocycles. The third-order valence-corrected chi connectivity index (χ3v) is 5.43. The van der Waals surface area contributed by atoms with E-state index in [1.807, 2.05) is 25.1 Å². The Balaban J connectivity index is 1.68. The smallest absolute Gasteiger partial charge is 0.327 e. The summed E-state index contributed by atoms with van der Waals surface area (Å²) < 4.78 is 0.804. The molecule has 0 bridgehead atoms. The first-order valence-corrected chi connectivity index (χ1v) is 8.73. The maximum atomic E-state index is 11.8. The highest BCUT2D eigenvalue weighted by atomic mass is 32.2. The van der Waals surface area contributed by atoms with Gasteiger partial charge in [-0.15, -0.1) is 17.2 Å². The van der Waals surface area contributed by atoms with Crippen LogP contribution in [0.2, 0.25) is 0 Å². The molecule has 1 atom stereocenters. The van der Waals surface area contributed by atoms with Crippen LogP contribution in [0.25, 0.3) is 0 Å². The predicted molar refractivity (Wildman–Crippen MR) is 91.0 cm³/mol. The van der Waals surface area contributed by atoms with Crippen molar-refractivity contribution in [2.75, 3.05) is 0 Å². The van der Waals surface area contributed by atoms with Crippen molar-refractivity contribution in [2.24, 2.45) is 5.92 Å². The Bertz CT molecular complexity index is 472. The van der Waals surface area contributed by atoms with Gasteiger partial charge in [-0.2, -0.15) is 0 Å². The minimum Gasteiger partial charge on any atom is -0.370 e. The number of thiocarbonyl (C=S) groups is 1. The third kappa shape index (κ3) is 5.41. The number of carbonyl (C=O) groups is 1. The number of hydrogen-bond donors (Lipinski definition) is 1. The number of nitrogens with one attached hydrogen (secondary N) is 1. The van der Waals surface area contributed by atoms with E-state index in [4.69, 9.17) is 17.1 Å². The number of thioether (sulfide) groups is 1. The van der Waals surface area contributed by atoms with E-state index < -0.39 is 0 Å². The summed E-state index contributed by atoms with van der Waals surface area (Å²) >= 11 is 6.97. The molecular weight excluding hydrogens is 302 g/mol. The zero-order valence-corrected chi connectivity index (χ0v) is 13.8. The summed E-state index contributed by atoms with van der Waals surface area (Å²) in [4.78, 5) is 17.0. The fraction of sp³-hybridized carbons (Fsp3) is 0.500. The predicted octanol–water partition coefficient (Wildman–Crippen LogP) is 3.87. The SMILES string of the molecule is CC(NOC(=O)C1CCCC1)C(=S)SCc1ccccc1. The lowest BCUT2D eigenvalue weighted by atomic mass is 10.1. The van der Waals surface area contributed by atoms with Crippen LogP contribution in [0.4, 0.5) is 0 Å². The normalized spacial score (nSPS) is 16.6. The first kappa shape index (κ1) is 16.5.